The van der Waals surface area contributed by atoms with Gasteiger partial charge >= 0.3 is 0 Å². The molecule has 0 aliphatic carbocycles. The molecule has 0 bridgehead atoms. The largest absolute Gasteiger partial charge is 0.341 e. The Morgan fingerprint density at radius 3 is 2.48 bits per heavy atom. The topological polar surface area (TPSA) is 51.0 Å². The first kappa shape index (κ1) is 16.3. The zero-order valence-corrected chi connectivity index (χ0v) is 14.4. The van der Waals surface area contributed by atoms with Gasteiger partial charge in [-0.1, -0.05) is 25.6 Å². The zero-order chi connectivity index (χ0) is 15.6. The van der Waals surface area contributed by atoms with Gasteiger partial charge < -0.3 is 9.47 Å². The molecule has 0 spiro atoms. The van der Waals surface area contributed by atoms with Crippen molar-refractivity contribution >= 4 is 17.7 Å². The van der Waals surface area contributed by atoms with Crippen molar-refractivity contribution in [1.29, 1.82) is 0 Å². The van der Waals surface area contributed by atoms with Crippen LogP contribution in [0.5, 0.6) is 0 Å². The van der Waals surface area contributed by atoms with Crippen LogP contribution in [0.15, 0.2) is 11.5 Å². The van der Waals surface area contributed by atoms with E-state index in [9.17, 15) is 4.79 Å². The molecule has 1 saturated heterocycles. The second-order valence-electron chi connectivity index (χ2n) is 6.56. The van der Waals surface area contributed by atoms with Crippen molar-refractivity contribution in [2.45, 2.75) is 57.5 Å². The first-order chi connectivity index (χ1) is 9.88. The maximum atomic E-state index is 12.6. The summed E-state index contributed by atoms with van der Waals surface area (Å²) in [6.45, 7) is 12.4. The van der Waals surface area contributed by atoms with Gasteiger partial charge in [0.1, 0.15) is 6.33 Å². The summed E-state index contributed by atoms with van der Waals surface area (Å²) in [5.41, 5.74) is 0. The second-order valence-corrected chi connectivity index (χ2v) is 7.87. The van der Waals surface area contributed by atoms with E-state index < -0.39 is 0 Å². The van der Waals surface area contributed by atoms with Crippen molar-refractivity contribution in [3.8, 4) is 0 Å². The van der Waals surface area contributed by atoms with E-state index in [1.165, 1.54) is 18.2 Å². The van der Waals surface area contributed by atoms with Crippen LogP contribution in [0.3, 0.4) is 0 Å². The number of thioether (sulfide) groups is 1. The smallest absolute Gasteiger partial charge is 0.235 e. The highest BCUT2D eigenvalue weighted by Crippen LogP contribution is 2.27. The van der Waals surface area contributed by atoms with Gasteiger partial charge in [-0.3, -0.25) is 4.79 Å². The summed E-state index contributed by atoms with van der Waals surface area (Å²) in [7, 11) is 0. The van der Waals surface area contributed by atoms with Crippen LogP contribution < -0.4 is 0 Å². The second kappa shape index (κ2) is 6.81. The normalized spacial score (nSPS) is 24.4. The van der Waals surface area contributed by atoms with Crippen LogP contribution in [0.1, 0.15) is 47.1 Å². The number of amides is 1. The number of hydrogen-bond acceptors (Lipinski definition) is 4. The molecule has 118 valence electrons. The Morgan fingerprint density at radius 1 is 1.29 bits per heavy atom. The van der Waals surface area contributed by atoms with Crippen molar-refractivity contribution < 1.29 is 4.79 Å². The van der Waals surface area contributed by atoms with Crippen LogP contribution in [0, 0.1) is 11.8 Å². The highest BCUT2D eigenvalue weighted by atomic mass is 32.2. The van der Waals surface area contributed by atoms with E-state index in [0.29, 0.717) is 17.9 Å². The van der Waals surface area contributed by atoms with E-state index in [1.807, 2.05) is 16.4 Å². The Labute approximate surface area is 131 Å². The molecular weight excluding hydrogens is 284 g/mol. The van der Waals surface area contributed by atoms with Gasteiger partial charge in [-0.2, -0.15) is 0 Å². The lowest BCUT2D eigenvalue weighted by Gasteiger charge is -2.36. The van der Waals surface area contributed by atoms with Gasteiger partial charge in [-0.05, 0) is 39.0 Å². The molecule has 1 aromatic heterocycles. The molecular formula is C15H26N4OS. The van der Waals surface area contributed by atoms with Gasteiger partial charge in [0.2, 0.25) is 5.91 Å². The minimum absolute atomic E-state index is 0.121. The monoisotopic (exact) mass is 310 g/mol. The van der Waals surface area contributed by atoms with Gasteiger partial charge in [0.25, 0.3) is 0 Å². The van der Waals surface area contributed by atoms with E-state index in [4.69, 9.17) is 0 Å². The molecule has 0 radical (unpaired) electrons. The van der Waals surface area contributed by atoms with Gasteiger partial charge in [0, 0.05) is 19.1 Å². The third kappa shape index (κ3) is 3.99. The Hall–Kier alpha value is -1.04. The molecule has 1 aliphatic rings. The van der Waals surface area contributed by atoms with Gasteiger partial charge in [-0.15, -0.1) is 10.2 Å². The number of nitrogens with zero attached hydrogens (tertiary/aromatic N) is 4. The first-order valence-electron chi connectivity index (χ1n) is 7.73. The van der Waals surface area contributed by atoms with Crippen LogP contribution in [-0.2, 0) is 4.79 Å². The Kier molecular flexibility index (Phi) is 5.30. The van der Waals surface area contributed by atoms with Crippen LogP contribution in [0.4, 0.5) is 0 Å². The highest BCUT2D eigenvalue weighted by Gasteiger charge is 2.29. The summed E-state index contributed by atoms with van der Waals surface area (Å²) in [6.07, 6.45) is 2.95. The molecule has 3 atom stereocenters. The third-order valence-corrected chi connectivity index (χ3v) is 4.97. The molecule has 21 heavy (non-hydrogen) atoms. The molecule has 0 aromatic carbocycles. The van der Waals surface area contributed by atoms with Gasteiger partial charge in [0.15, 0.2) is 5.16 Å². The van der Waals surface area contributed by atoms with E-state index in [2.05, 4.69) is 37.9 Å². The minimum Gasteiger partial charge on any atom is -0.341 e. The third-order valence-electron chi connectivity index (χ3n) is 3.91. The lowest BCUT2D eigenvalue weighted by atomic mass is 9.92. The van der Waals surface area contributed by atoms with Crippen LogP contribution >= 0.6 is 11.8 Å². The van der Waals surface area contributed by atoms with Gasteiger partial charge in [0.05, 0.1) is 5.25 Å². The molecule has 2 heterocycles. The molecule has 1 amide bonds. The summed E-state index contributed by atoms with van der Waals surface area (Å²) in [5.74, 6) is 1.40. The molecule has 5 nitrogen and oxygen atoms in total. The number of carbonyl (C=O) groups is 1. The Morgan fingerprint density at radius 2 is 1.90 bits per heavy atom. The van der Waals surface area contributed by atoms with Crippen molar-refractivity contribution in [1.82, 2.24) is 19.7 Å². The summed E-state index contributed by atoms with van der Waals surface area (Å²) in [4.78, 5) is 14.7. The Bertz CT molecular complexity index is 478. The van der Waals surface area contributed by atoms with Crippen LogP contribution in [0.2, 0.25) is 0 Å². The summed E-state index contributed by atoms with van der Waals surface area (Å²) in [5, 5.41) is 8.80. The molecule has 1 fully saturated rings. The van der Waals surface area contributed by atoms with Gasteiger partial charge in [-0.25, -0.2) is 0 Å². The molecule has 3 unspecified atom stereocenters. The van der Waals surface area contributed by atoms with Crippen molar-refractivity contribution in [3.05, 3.63) is 6.33 Å². The number of carbonyl (C=O) groups excluding carboxylic acids is 1. The lowest BCUT2D eigenvalue weighted by molar-refractivity contribution is -0.132. The summed E-state index contributed by atoms with van der Waals surface area (Å²) < 4.78 is 2.01. The number of rotatable bonds is 4. The zero-order valence-electron chi connectivity index (χ0n) is 13.6. The highest BCUT2D eigenvalue weighted by molar-refractivity contribution is 8.00. The lowest BCUT2D eigenvalue weighted by Crippen LogP contribution is -2.45. The molecule has 0 N–H and O–H groups in total. The average Bonchev–Trinajstić information content (AvgIpc) is 2.84. The quantitative estimate of drug-likeness (QED) is 0.803. The van der Waals surface area contributed by atoms with Crippen LogP contribution in [0.25, 0.3) is 0 Å². The number of hydrogen-bond donors (Lipinski definition) is 0. The summed E-state index contributed by atoms with van der Waals surface area (Å²) in [6, 6.07) is 0.305. The minimum atomic E-state index is -0.121. The Balaban J connectivity index is 2.00. The number of likely N-dealkylation sites (tertiary alicyclic amines) is 1. The molecule has 6 heteroatoms. The van der Waals surface area contributed by atoms with E-state index in [0.717, 1.165) is 18.2 Å². The predicted octanol–water partition coefficient (Wildman–Crippen LogP) is 2.84. The van der Waals surface area contributed by atoms with Crippen LogP contribution in [-0.4, -0.2) is 43.9 Å². The van der Waals surface area contributed by atoms with Crippen molar-refractivity contribution in [2.24, 2.45) is 11.8 Å². The first-order valence-corrected chi connectivity index (χ1v) is 8.61. The molecule has 2 rings (SSSR count). The maximum absolute atomic E-state index is 12.6. The fourth-order valence-electron chi connectivity index (χ4n) is 2.98. The van der Waals surface area contributed by atoms with E-state index in [-0.39, 0.29) is 11.2 Å². The SMILES string of the molecule is CC1CC(C)CN(C(=O)C(C)Sc2nncn2C(C)C)C1. The number of aromatic nitrogens is 3. The van der Waals surface area contributed by atoms with Crippen molar-refractivity contribution in [2.75, 3.05) is 13.1 Å². The fraction of sp³-hybridized carbons (Fsp3) is 0.800. The molecule has 1 aliphatic heterocycles. The molecule has 1 aromatic rings. The average molecular weight is 310 g/mol. The number of piperidine rings is 1. The summed E-state index contributed by atoms with van der Waals surface area (Å²) >= 11 is 1.51. The molecule has 0 saturated carbocycles. The maximum Gasteiger partial charge on any atom is 0.235 e. The standard InChI is InChI=1S/C15H26N4OS/c1-10(2)19-9-16-17-15(19)21-13(5)14(20)18-7-11(3)6-12(4)8-18/h9-13H,6-8H2,1-5H3. The predicted molar refractivity (Wildman–Crippen MR) is 85.3 cm³/mol. The fourth-order valence-corrected chi connectivity index (χ4v) is 4.02. The van der Waals surface area contributed by atoms with E-state index >= 15 is 0 Å². The van der Waals surface area contributed by atoms with Crippen molar-refractivity contribution in [3.63, 3.8) is 0 Å². The van der Waals surface area contributed by atoms with E-state index in [1.54, 1.807) is 6.33 Å².